The molecule has 0 unspecified atom stereocenters. The first kappa shape index (κ1) is 16.8. The Balaban J connectivity index is 1.91. The highest BCUT2D eigenvalue weighted by molar-refractivity contribution is 6.32. The fourth-order valence-corrected chi connectivity index (χ4v) is 2.02. The number of carbonyl (C=O) groups is 2. The van der Waals surface area contributed by atoms with Gasteiger partial charge >= 0.3 is 0 Å². The molecule has 2 aromatic carbocycles. The molecule has 6 heteroatoms. The summed E-state index contributed by atoms with van der Waals surface area (Å²) in [7, 11) is 0. The standard InChI is InChI=1S/C17H17ClN2O3/c1-2-16(21)19-12-6-5-7-13(10-12)20-17(22)11-23-15-9-4-3-8-14(15)18/h3-10H,2,11H2,1H3,(H,19,21)(H,20,22). The molecule has 0 fully saturated rings. The molecular formula is C17H17ClN2O3. The molecule has 0 aromatic heterocycles. The normalized spacial score (nSPS) is 10.0. The second kappa shape index (κ2) is 8.19. The first-order chi connectivity index (χ1) is 11.1. The van der Waals surface area contributed by atoms with Gasteiger partial charge in [-0.2, -0.15) is 0 Å². The molecule has 2 amide bonds. The smallest absolute Gasteiger partial charge is 0.262 e. The third kappa shape index (κ3) is 5.30. The quantitative estimate of drug-likeness (QED) is 0.847. The number of amides is 2. The van der Waals surface area contributed by atoms with E-state index in [0.29, 0.717) is 28.6 Å². The van der Waals surface area contributed by atoms with Gasteiger partial charge in [-0.15, -0.1) is 0 Å². The van der Waals surface area contributed by atoms with Crippen LogP contribution in [0.1, 0.15) is 13.3 Å². The molecule has 120 valence electrons. The van der Waals surface area contributed by atoms with Gasteiger partial charge in [0.05, 0.1) is 5.02 Å². The second-order valence-corrected chi connectivity index (χ2v) is 5.16. The lowest BCUT2D eigenvalue weighted by Crippen LogP contribution is -2.20. The minimum Gasteiger partial charge on any atom is -0.482 e. The zero-order valence-electron chi connectivity index (χ0n) is 12.6. The number of anilines is 2. The number of para-hydroxylation sites is 1. The summed E-state index contributed by atoms with van der Waals surface area (Å²) < 4.78 is 5.37. The predicted molar refractivity (Wildman–Crippen MR) is 90.9 cm³/mol. The van der Waals surface area contributed by atoms with Crippen LogP contribution in [0.3, 0.4) is 0 Å². The van der Waals surface area contributed by atoms with Crippen LogP contribution < -0.4 is 15.4 Å². The van der Waals surface area contributed by atoms with Crippen LogP contribution in [0.15, 0.2) is 48.5 Å². The van der Waals surface area contributed by atoms with Crippen molar-refractivity contribution in [1.29, 1.82) is 0 Å². The Bertz CT molecular complexity index is 704. The maximum Gasteiger partial charge on any atom is 0.262 e. The number of rotatable bonds is 6. The van der Waals surface area contributed by atoms with Crippen molar-refractivity contribution in [1.82, 2.24) is 0 Å². The number of ether oxygens (including phenoxy) is 1. The number of hydrogen-bond acceptors (Lipinski definition) is 3. The highest BCUT2D eigenvalue weighted by Gasteiger charge is 2.07. The van der Waals surface area contributed by atoms with Gasteiger partial charge in [0.15, 0.2) is 6.61 Å². The number of halogens is 1. The summed E-state index contributed by atoms with van der Waals surface area (Å²) in [5.74, 6) is 0.0488. The van der Waals surface area contributed by atoms with E-state index < -0.39 is 0 Å². The Morgan fingerprint density at radius 3 is 2.30 bits per heavy atom. The molecule has 0 radical (unpaired) electrons. The van der Waals surface area contributed by atoms with Gasteiger partial charge in [-0.1, -0.05) is 36.7 Å². The van der Waals surface area contributed by atoms with Crippen molar-refractivity contribution in [3.05, 3.63) is 53.6 Å². The summed E-state index contributed by atoms with van der Waals surface area (Å²) in [6.07, 6.45) is 0.391. The number of nitrogens with one attached hydrogen (secondary N) is 2. The van der Waals surface area contributed by atoms with Crippen LogP contribution in [-0.4, -0.2) is 18.4 Å². The Kier molecular flexibility index (Phi) is 6.00. The maximum atomic E-state index is 11.9. The fraction of sp³-hybridized carbons (Fsp3) is 0.176. The number of benzene rings is 2. The number of carbonyl (C=O) groups excluding carboxylic acids is 2. The first-order valence-electron chi connectivity index (χ1n) is 7.15. The van der Waals surface area contributed by atoms with Crippen LogP contribution in [0.5, 0.6) is 5.75 Å². The van der Waals surface area contributed by atoms with Gasteiger partial charge in [-0.25, -0.2) is 0 Å². The van der Waals surface area contributed by atoms with Crippen molar-refractivity contribution in [2.75, 3.05) is 17.2 Å². The Hall–Kier alpha value is -2.53. The average Bonchev–Trinajstić information content (AvgIpc) is 2.54. The zero-order chi connectivity index (χ0) is 16.7. The molecule has 5 nitrogen and oxygen atoms in total. The van der Waals surface area contributed by atoms with Crippen LogP contribution in [0.4, 0.5) is 11.4 Å². The van der Waals surface area contributed by atoms with Gasteiger partial charge < -0.3 is 15.4 Å². The summed E-state index contributed by atoms with van der Waals surface area (Å²) in [5, 5.41) is 5.89. The van der Waals surface area contributed by atoms with Crippen LogP contribution in [0, 0.1) is 0 Å². The van der Waals surface area contributed by atoms with Crippen molar-refractivity contribution in [2.24, 2.45) is 0 Å². The third-order valence-corrected chi connectivity index (χ3v) is 3.26. The van der Waals surface area contributed by atoms with E-state index in [1.165, 1.54) is 0 Å². The summed E-state index contributed by atoms with van der Waals surface area (Å²) >= 11 is 5.95. The summed E-state index contributed by atoms with van der Waals surface area (Å²) in [6.45, 7) is 1.61. The van der Waals surface area contributed by atoms with Gasteiger partial charge in [-0.05, 0) is 30.3 Å². The monoisotopic (exact) mass is 332 g/mol. The number of hydrogen-bond donors (Lipinski definition) is 2. The Morgan fingerprint density at radius 1 is 1.00 bits per heavy atom. The van der Waals surface area contributed by atoms with E-state index in [1.54, 1.807) is 55.5 Å². The third-order valence-electron chi connectivity index (χ3n) is 2.95. The van der Waals surface area contributed by atoms with Crippen molar-refractivity contribution >= 4 is 34.8 Å². The molecule has 0 aliphatic carbocycles. The van der Waals surface area contributed by atoms with Crippen molar-refractivity contribution in [3.8, 4) is 5.75 Å². The van der Waals surface area contributed by atoms with Crippen molar-refractivity contribution < 1.29 is 14.3 Å². The molecule has 0 aliphatic heterocycles. The molecule has 0 atom stereocenters. The van der Waals surface area contributed by atoms with E-state index in [0.717, 1.165) is 0 Å². The molecule has 0 aliphatic rings. The first-order valence-corrected chi connectivity index (χ1v) is 7.53. The molecule has 0 bridgehead atoms. The SMILES string of the molecule is CCC(=O)Nc1cccc(NC(=O)COc2ccccc2Cl)c1. The molecule has 0 spiro atoms. The second-order valence-electron chi connectivity index (χ2n) is 4.75. The molecule has 23 heavy (non-hydrogen) atoms. The Labute approximate surface area is 139 Å². The zero-order valence-corrected chi connectivity index (χ0v) is 13.4. The molecule has 0 heterocycles. The molecule has 0 saturated heterocycles. The maximum absolute atomic E-state index is 11.9. The van der Waals surface area contributed by atoms with Crippen LogP contribution >= 0.6 is 11.6 Å². The van der Waals surface area contributed by atoms with E-state index in [9.17, 15) is 9.59 Å². The molecule has 2 aromatic rings. The van der Waals surface area contributed by atoms with E-state index in [1.807, 2.05) is 0 Å². The van der Waals surface area contributed by atoms with E-state index in [-0.39, 0.29) is 18.4 Å². The molecular weight excluding hydrogens is 316 g/mol. The minimum absolute atomic E-state index is 0.0875. The predicted octanol–water partition coefficient (Wildman–Crippen LogP) is 3.71. The van der Waals surface area contributed by atoms with Crippen LogP contribution in [-0.2, 0) is 9.59 Å². The van der Waals surface area contributed by atoms with Gasteiger partial charge in [0, 0.05) is 17.8 Å². The lowest BCUT2D eigenvalue weighted by molar-refractivity contribution is -0.118. The average molecular weight is 333 g/mol. The highest BCUT2D eigenvalue weighted by atomic mass is 35.5. The topological polar surface area (TPSA) is 67.4 Å². The summed E-state index contributed by atoms with van der Waals surface area (Å²) in [5.41, 5.74) is 1.20. The van der Waals surface area contributed by atoms with Crippen molar-refractivity contribution in [3.63, 3.8) is 0 Å². The van der Waals surface area contributed by atoms with Crippen LogP contribution in [0.2, 0.25) is 5.02 Å². The van der Waals surface area contributed by atoms with E-state index in [2.05, 4.69) is 10.6 Å². The Morgan fingerprint density at radius 2 is 1.65 bits per heavy atom. The minimum atomic E-state index is -0.316. The van der Waals surface area contributed by atoms with Crippen molar-refractivity contribution in [2.45, 2.75) is 13.3 Å². The van der Waals surface area contributed by atoms with Crippen LogP contribution in [0.25, 0.3) is 0 Å². The lowest BCUT2D eigenvalue weighted by Gasteiger charge is -2.10. The van der Waals surface area contributed by atoms with Gasteiger partial charge in [0.25, 0.3) is 5.91 Å². The van der Waals surface area contributed by atoms with Gasteiger partial charge in [-0.3, -0.25) is 9.59 Å². The fourth-order valence-electron chi connectivity index (χ4n) is 1.83. The molecule has 0 saturated carbocycles. The van der Waals surface area contributed by atoms with Gasteiger partial charge in [0.1, 0.15) is 5.75 Å². The van der Waals surface area contributed by atoms with Gasteiger partial charge in [0.2, 0.25) is 5.91 Å². The van der Waals surface area contributed by atoms with E-state index >= 15 is 0 Å². The highest BCUT2D eigenvalue weighted by Crippen LogP contribution is 2.23. The molecule has 2 N–H and O–H groups in total. The van der Waals surface area contributed by atoms with E-state index in [4.69, 9.17) is 16.3 Å². The molecule has 2 rings (SSSR count). The summed E-state index contributed by atoms with van der Waals surface area (Å²) in [4.78, 5) is 23.3. The summed E-state index contributed by atoms with van der Waals surface area (Å²) in [6, 6.07) is 13.9. The lowest BCUT2D eigenvalue weighted by atomic mass is 10.2. The largest absolute Gasteiger partial charge is 0.482 e.